The minimum Gasteiger partial charge on any atom is -0.393 e. The Kier molecular flexibility index (Phi) is 6.26. The molecule has 3 saturated carbocycles. The van der Waals surface area contributed by atoms with Crippen LogP contribution in [0.2, 0.25) is 0 Å². The van der Waals surface area contributed by atoms with Crippen LogP contribution in [-0.2, 0) is 4.74 Å². The van der Waals surface area contributed by atoms with Gasteiger partial charge in [-0.05, 0) is 105 Å². The quantitative estimate of drug-likeness (QED) is 0.497. The highest BCUT2D eigenvalue weighted by Crippen LogP contribution is 2.66. The highest BCUT2D eigenvalue weighted by atomic mass is 16.5. The number of ether oxygens (including phenoxy) is 1. The van der Waals surface area contributed by atoms with Crippen molar-refractivity contribution in [3.8, 4) is 0 Å². The van der Waals surface area contributed by atoms with Crippen LogP contribution in [0.25, 0.3) is 0 Å². The summed E-state index contributed by atoms with van der Waals surface area (Å²) in [6.07, 6.45) is 15.4. The smallest absolute Gasteiger partial charge is 0.0595 e. The summed E-state index contributed by atoms with van der Waals surface area (Å²) < 4.78 is 6.31. The second-order valence-electron chi connectivity index (χ2n) is 11.8. The highest BCUT2D eigenvalue weighted by Gasteiger charge is 2.58. The average Bonchev–Trinajstić information content (AvgIpc) is 3.02. The summed E-state index contributed by atoms with van der Waals surface area (Å²) in [6.45, 7) is 13.0. The topological polar surface area (TPSA) is 29.5 Å². The van der Waals surface area contributed by atoms with Crippen LogP contribution in [-0.4, -0.2) is 23.9 Å². The van der Waals surface area contributed by atoms with Crippen LogP contribution in [0, 0.1) is 40.4 Å². The molecular formula is C27H46O2. The molecule has 8 unspecified atom stereocenters. The van der Waals surface area contributed by atoms with Gasteiger partial charge in [-0.3, -0.25) is 0 Å². The summed E-state index contributed by atoms with van der Waals surface area (Å²) in [6, 6.07) is 0. The molecular weight excluding hydrogens is 356 g/mol. The zero-order valence-electron chi connectivity index (χ0n) is 19.8. The van der Waals surface area contributed by atoms with E-state index in [-0.39, 0.29) is 6.10 Å². The van der Waals surface area contributed by atoms with Crippen LogP contribution < -0.4 is 0 Å². The molecule has 0 amide bonds. The van der Waals surface area contributed by atoms with E-state index in [1.807, 2.05) is 0 Å². The van der Waals surface area contributed by atoms with Gasteiger partial charge in [0, 0.05) is 6.61 Å². The third kappa shape index (κ3) is 3.75. The number of fused-ring (bicyclic) bond motifs is 5. The Labute approximate surface area is 179 Å². The van der Waals surface area contributed by atoms with Gasteiger partial charge < -0.3 is 9.84 Å². The predicted octanol–water partition coefficient (Wildman–Crippen LogP) is 6.77. The number of aliphatic hydroxyl groups is 1. The first-order valence-corrected chi connectivity index (χ1v) is 12.8. The van der Waals surface area contributed by atoms with E-state index in [1.165, 1.54) is 44.9 Å². The third-order valence-corrected chi connectivity index (χ3v) is 10.2. The molecule has 0 radical (unpaired) electrons. The van der Waals surface area contributed by atoms with E-state index in [2.05, 4.69) is 40.7 Å². The van der Waals surface area contributed by atoms with Gasteiger partial charge in [0.05, 0.1) is 12.2 Å². The Bertz CT molecular complexity index is 610. The first-order chi connectivity index (χ1) is 13.8. The number of rotatable bonds is 6. The molecule has 4 rings (SSSR count). The van der Waals surface area contributed by atoms with Crippen LogP contribution in [0.1, 0.15) is 98.8 Å². The molecule has 4 aliphatic carbocycles. The van der Waals surface area contributed by atoms with Gasteiger partial charge in [0.25, 0.3) is 0 Å². The van der Waals surface area contributed by atoms with E-state index in [0.29, 0.717) is 22.9 Å². The number of aliphatic hydroxyl groups excluding tert-OH is 1. The fraction of sp³-hybridized carbons (Fsp3) is 0.926. The fourth-order valence-corrected chi connectivity index (χ4v) is 8.37. The zero-order valence-corrected chi connectivity index (χ0v) is 19.8. The first-order valence-electron chi connectivity index (χ1n) is 12.8. The first kappa shape index (κ1) is 21.9. The van der Waals surface area contributed by atoms with Gasteiger partial charge in [0.1, 0.15) is 0 Å². The predicted molar refractivity (Wildman–Crippen MR) is 121 cm³/mol. The van der Waals surface area contributed by atoms with Crippen molar-refractivity contribution in [2.45, 2.75) is 111 Å². The summed E-state index contributed by atoms with van der Waals surface area (Å²) in [5.74, 6) is 4.11. The Balaban J connectivity index is 1.43. The number of hydrogen-bond acceptors (Lipinski definition) is 2. The molecule has 2 nitrogen and oxygen atoms in total. The van der Waals surface area contributed by atoms with E-state index in [9.17, 15) is 5.11 Å². The molecule has 2 heteroatoms. The number of hydrogen-bond donors (Lipinski definition) is 1. The minimum atomic E-state index is -0.0895. The molecule has 3 fully saturated rings. The van der Waals surface area contributed by atoms with Crippen LogP contribution in [0.15, 0.2) is 11.6 Å². The second-order valence-corrected chi connectivity index (χ2v) is 11.8. The van der Waals surface area contributed by atoms with E-state index in [0.717, 1.165) is 49.5 Å². The SMILES string of the molecule is CCC(OCCC1CCC2C3CC=C4CC(O)CCC4(C)C3CCC12C)C(C)C. The lowest BCUT2D eigenvalue weighted by Crippen LogP contribution is -2.50. The maximum Gasteiger partial charge on any atom is 0.0595 e. The van der Waals surface area contributed by atoms with Crippen LogP contribution in [0.4, 0.5) is 0 Å². The van der Waals surface area contributed by atoms with Crippen molar-refractivity contribution in [1.82, 2.24) is 0 Å². The average molecular weight is 403 g/mol. The normalized spacial score (nSPS) is 45.3. The second kappa shape index (κ2) is 8.30. The molecule has 4 aliphatic rings. The van der Waals surface area contributed by atoms with Crippen molar-refractivity contribution >= 4 is 0 Å². The lowest BCUT2D eigenvalue weighted by molar-refractivity contribution is -0.0574. The van der Waals surface area contributed by atoms with Gasteiger partial charge in [-0.25, -0.2) is 0 Å². The molecule has 0 aromatic heterocycles. The summed E-state index contributed by atoms with van der Waals surface area (Å²) in [5, 5.41) is 10.2. The van der Waals surface area contributed by atoms with Gasteiger partial charge in [0.2, 0.25) is 0 Å². The lowest BCUT2D eigenvalue weighted by Gasteiger charge is -2.58. The molecule has 8 atom stereocenters. The third-order valence-electron chi connectivity index (χ3n) is 10.2. The molecule has 0 aromatic carbocycles. The maximum absolute atomic E-state index is 10.2. The Hall–Kier alpha value is -0.340. The molecule has 29 heavy (non-hydrogen) atoms. The molecule has 0 aromatic rings. The van der Waals surface area contributed by atoms with Crippen molar-refractivity contribution in [3.05, 3.63) is 11.6 Å². The summed E-state index contributed by atoms with van der Waals surface area (Å²) in [4.78, 5) is 0. The fourth-order valence-electron chi connectivity index (χ4n) is 8.37. The summed E-state index contributed by atoms with van der Waals surface area (Å²) in [5.41, 5.74) is 2.50. The minimum absolute atomic E-state index is 0.0895. The van der Waals surface area contributed by atoms with Crippen molar-refractivity contribution in [3.63, 3.8) is 0 Å². The van der Waals surface area contributed by atoms with Crippen molar-refractivity contribution < 1.29 is 9.84 Å². The van der Waals surface area contributed by atoms with Gasteiger partial charge in [-0.1, -0.05) is 46.3 Å². The van der Waals surface area contributed by atoms with E-state index in [4.69, 9.17) is 4.74 Å². The van der Waals surface area contributed by atoms with Crippen LogP contribution >= 0.6 is 0 Å². The van der Waals surface area contributed by atoms with Crippen molar-refractivity contribution in [2.75, 3.05) is 6.61 Å². The maximum atomic E-state index is 10.2. The number of allylic oxidation sites excluding steroid dienone is 1. The van der Waals surface area contributed by atoms with Gasteiger partial charge in [-0.2, -0.15) is 0 Å². The van der Waals surface area contributed by atoms with Crippen molar-refractivity contribution in [2.24, 2.45) is 40.4 Å². The van der Waals surface area contributed by atoms with Gasteiger partial charge in [-0.15, -0.1) is 0 Å². The van der Waals surface area contributed by atoms with Gasteiger partial charge in [0.15, 0.2) is 0 Å². The summed E-state index contributed by atoms with van der Waals surface area (Å²) in [7, 11) is 0. The molecule has 0 bridgehead atoms. The Morgan fingerprint density at radius 2 is 1.90 bits per heavy atom. The zero-order chi connectivity index (χ0) is 20.8. The molecule has 166 valence electrons. The lowest BCUT2D eigenvalue weighted by atomic mass is 9.47. The van der Waals surface area contributed by atoms with Crippen LogP contribution in [0.5, 0.6) is 0 Å². The van der Waals surface area contributed by atoms with Crippen LogP contribution in [0.3, 0.4) is 0 Å². The molecule has 0 spiro atoms. The summed E-state index contributed by atoms with van der Waals surface area (Å²) >= 11 is 0. The molecule has 0 heterocycles. The highest BCUT2D eigenvalue weighted by molar-refractivity contribution is 5.25. The largest absolute Gasteiger partial charge is 0.393 e. The van der Waals surface area contributed by atoms with Crippen molar-refractivity contribution in [1.29, 1.82) is 0 Å². The molecule has 0 aliphatic heterocycles. The monoisotopic (exact) mass is 402 g/mol. The van der Waals surface area contributed by atoms with E-state index < -0.39 is 0 Å². The molecule has 1 N–H and O–H groups in total. The Morgan fingerprint density at radius 1 is 1.10 bits per heavy atom. The van der Waals surface area contributed by atoms with Gasteiger partial charge >= 0.3 is 0 Å². The standard InChI is InChI=1S/C27H46O2/c1-6-25(18(2)3)29-16-13-19-8-10-23-22-9-7-20-17-21(28)11-14-27(20,5)24(22)12-15-26(19,23)4/h7,18-19,21-25,28H,6,8-17H2,1-5H3. The van der Waals surface area contributed by atoms with E-state index in [1.54, 1.807) is 5.57 Å². The molecule has 0 saturated heterocycles. The van der Waals surface area contributed by atoms with E-state index >= 15 is 0 Å². The Morgan fingerprint density at radius 3 is 2.62 bits per heavy atom.